The van der Waals surface area contributed by atoms with Crippen LogP contribution < -0.4 is 18.9 Å². The number of anilines is 1. The standard InChI is InChI=1S/C15H15F2NO5S/c1-21-12-7-10(8-13(22-2)15(12)23-3)18-24(19,20)14-6-9(16)4-5-11(14)17/h4-8,18H,1-3H3. The number of ether oxygens (including phenoxy) is 3. The Bertz CT molecular complexity index is 830. The van der Waals surface area contributed by atoms with Crippen LogP contribution in [0.3, 0.4) is 0 Å². The van der Waals surface area contributed by atoms with Crippen molar-refractivity contribution in [2.75, 3.05) is 26.1 Å². The third kappa shape index (κ3) is 3.51. The Morgan fingerprint density at radius 2 is 1.50 bits per heavy atom. The molecule has 0 bridgehead atoms. The SMILES string of the molecule is COc1cc(NS(=O)(=O)c2cc(F)ccc2F)cc(OC)c1OC. The van der Waals surface area contributed by atoms with Gasteiger partial charge in [-0.25, -0.2) is 17.2 Å². The number of nitrogens with one attached hydrogen (secondary N) is 1. The van der Waals surface area contributed by atoms with Crippen LogP contribution in [0.5, 0.6) is 17.2 Å². The van der Waals surface area contributed by atoms with E-state index in [0.29, 0.717) is 6.07 Å². The molecule has 1 N–H and O–H groups in total. The molecule has 0 saturated carbocycles. The van der Waals surface area contributed by atoms with Gasteiger partial charge >= 0.3 is 0 Å². The summed E-state index contributed by atoms with van der Waals surface area (Å²) in [6.45, 7) is 0. The number of halogens is 2. The maximum absolute atomic E-state index is 13.7. The highest BCUT2D eigenvalue weighted by Gasteiger charge is 2.22. The first-order valence-electron chi connectivity index (χ1n) is 6.60. The molecular formula is C15H15F2NO5S. The number of sulfonamides is 1. The molecule has 0 radical (unpaired) electrons. The normalized spacial score (nSPS) is 11.0. The quantitative estimate of drug-likeness (QED) is 0.859. The van der Waals surface area contributed by atoms with Crippen molar-refractivity contribution >= 4 is 15.7 Å². The summed E-state index contributed by atoms with van der Waals surface area (Å²) in [7, 11) is -0.232. The zero-order valence-electron chi connectivity index (χ0n) is 13.1. The van der Waals surface area contributed by atoms with Crippen molar-refractivity contribution in [2.45, 2.75) is 4.90 Å². The molecule has 0 aliphatic carbocycles. The van der Waals surface area contributed by atoms with E-state index in [4.69, 9.17) is 14.2 Å². The number of hydrogen-bond donors (Lipinski definition) is 1. The summed E-state index contributed by atoms with van der Waals surface area (Å²) < 4.78 is 69.1. The molecule has 2 aromatic rings. The highest BCUT2D eigenvalue weighted by atomic mass is 32.2. The van der Waals surface area contributed by atoms with Crippen molar-refractivity contribution in [3.05, 3.63) is 42.0 Å². The monoisotopic (exact) mass is 359 g/mol. The topological polar surface area (TPSA) is 73.9 Å². The zero-order chi connectivity index (χ0) is 17.9. The summed E-state index contributed by atoms with van der Waals surface area (Å²) >= 11 is 0. The fourth-order valence-electron chi connectivity index (χ4n) is 2.03. The second-order valence-electron chi connectivity index (χ2n) is 4.59. The highest BCUT2D eigenvalue weighted by molar-refractivity contribution is 7.92. The van der Waals surface area contributed by atoms with Crippen LogP contribution in [-0.4, -0.2) is 29.7 Å². The molecule has 0 spiro atoms. The lowest BCUT2D eigenvalue weighted by atomic mass is 10.2. The van der Waals surface area contributed by atoms with Crippen molar-refractivity contribution in [1.29, 1.82) is 0 Å². The van der Waals surface area contributed by atoms with Crippen LogP contribution in [0.4, 0.5) is 14.5 Å². The number of rotatable bonds is 6. The average molecular weight is 359 g/mol. The first kappa shape index (κ1) is 17.8. The maximum atomic E-state index is 13.7. The smallest absolute Gasteiger partial charge is 0.264 e. The first-order chi connectivity index (χ1) is 11.3. The van der Waals surface area contributed by atoms with E-state index in [2.05, 4.69) is 4.72 Å². The van der Waals surface area contributed by atoms with Crippen LogP contribution in [0.25, 0.3) is 0 Å². The van der Waals surface area contributed by atoms with E-state index in [-0.39, 0.29) is 22.9 Å². The molecule has 2 rings (SSSR count). The van der Waals surface area contributed by atoms with Gasteiger partial charge in [0.25, 0.3) is 10.0 Å². The Kier molecular flexibility index (Phi) is 5.13. The molecule has 0 aliphatic heterocycles. The number of hydrogen-bond acceptors (Lipinski definition) is 5. The minimum Gasteiger partial charge on any atom is -0.493 e. The summed E-state index contributed by atoms with van der Waals surface area (Å²) in [5, 5.41) is 0. The van der Waals surface area contributed by atoms with Crippen molar-refractivity contribution in [3.8, 4) is 17.2 Å². The van der Waals surface area contributed by atoms with Gasteiger partial charge in [-0.2, -0.15) is 0 Å². The lowest BCUT2D eigenvalue weighted by Gasteiger charge is -2.15. The maximum Gasteiger partial charge on any atom is 0.264 e. The van der Waals surface area contributed by atoms with Gasteiger partial charge in [0.2, 0.25) is 5.75 Å². The van der Waals surface area contributed by atoms with E-state index < -0.39 is 26.6 Å². The van der Waals surface area contributed by atoms with Gasteiger partial charge in [0.15, 0.2) is 11.5 Å². The first-order valence-corrected chi connectivity index (χ1v) is 8.08. The Morgan fingerprint density at radius 1 is 0.917 bits per heavy atom. The molecule has 0 heterocycles. The third-order valence-electron chi connectivity index (χ3n) is 3.10. The molecule has 9 heteroatoms. The predicted molar refractivity (Wildman–Crippen MR) is 83.3 cm³/mol. The Balaban J connectivity index is 2.48. The molecular weight excluding hydrogens is 344 g/mol. The van der Waals surface area contributed by atoms with Crippen LogP contribution >= 0.6 is 0 Å². The van der Waals surface area contributed by atoms with E-state index in [1.807, 2.05) is 0 Å². The highest BCUT2D eigenvalue weighted by Crippen LogP contribution is 2.40. The molecule has 0 fully saturated rings. The average Bonchev–Trinajstić information content (AvgIpc) is 2.55. The summed E-state index contributed by atoms with van der Waals surface area (Å²) in [4.78, 5) is -0.809. The predicted octanol–water partition coefficient (Wildman–Crippen LogP) is 2.79. The molecule has 0 atom stereocenters. The van der Waals surface area contributed by atoms with Gasteiger partial charge in [-0.05, 0) is 18.2 Å². The van der Waals surface area contributed by atoms with Crippen molar-refractivity contribution in [3.63, 3.8) is 0 Å². The minimum absolute atomic E-state index is 0.0353. The summed E-state index contributed by atoms with van der Waals surface area (Å²) in [6.07, 6.45) is 0. The zero-order valence-corrected chi connectivity index (χ0v) is 13.9. The second-order valence-corrected chi connectivity index (χ2v) is 6.25. The van der Waals surface area contributed by atoms with E-state index in [1.54, 1.807) is 0 Å². The summed E-state index contributed by atoms with van der Waals surface area (Å²) in [6, 6.07) is 4.81. The molecule has 0 amide bonds. The molecule has 6 nitrogen and oxygen atoms in total. The second kappa shape index (κ2) is 6.91. The third-order valence-corrected chi connectivity index (χ3v) is 4.50. The van der Waals surface area contributed by atoms with Crippen LogP contribution in [0, 0.1) is 11.6 Å². The van der Waals surface area contributed by atoms with E-state index in [9.17, 15) is 17.2 Å². The van der Waals surface area contributed by atoms with Gasteiger partial charge in [0, 0.05) is 12.1 Å². The van der Waals surface area contributed by atoms with Crippen LogP contribution in [0.15, 0.2) is 35.2 Å². The van der Waals surface area contributed by atoms with Gasteiger partial charge in [0.1, 0.15) is 16.5 Å². The van der Waals surface area contributed by atoms with Crippen LogP contribution in [0.2, 0.25) is 0 Å². The molecule has 0 aromatic heterocycles. The van der Waals surface area contributed by atoms with E-state index in [1.165, 1.54) is 33.5 Å². The van der Waals surface area contributed by atoms with E-state index in [0.717, 1.165) is 12.1 Å². The van der Waals surface area contributed by atoms with Gasteiger partial charge in [-0.1, -0.05) is 0 Å². The van der Waals surface area contributed by atoms with Gasteiger partial charge in [-0.15, -0.1) is 0 Å². The van der Waals surface area contributed by atoms with E-state index >= 15 is 0 Å². The number of benzene rings is 2. The summed E-state index contributed by atoms with van der Waals surface area (Å²) in [5.41, 5.74) is 0.0353. The molecule has 2 aromatic carbocycles. The summed E-state index contributed by atoms with van der Waals surface area (Å²) in [5.74, 6) is -1.28. The fourth-order valence-corrected chi connectivity index (χ4v) is 3.16. The molecule has 0 saturated heterocycles. The van der Waals surface area contributed by atoms with Crippen LogP contribution in [0.1, 0.15) is 0 Å². The van der Waals surface area contributed by atoms with Gasteiger partial charge in [0.05, 0.1) is 27.0 Å². The lowest BCUT2D eigenvalue weighted by molar-refractivity contribution is 0.324. The van der Waals surface area contributed by atoms with Gasteiger partial charge < -0.3 is 14.2 Å². The lowest BCUT2D eigenvalue weighted by Crippen LogP contribution is -2.15. The number of methoxy groups -OCH3 is 3. The Hall–Kier alpha value is -2.55. The Morgan fingerprint density at radius 3 is 2.00 bits per heavy atom. The van der Waals surface area contributed by atoms with Crippen molar-refractivity contribution in [2.24, 2.45) is 0 Å². The molecule has 24 heavy (non-hydrogen) atoms. The Labute approximate surface area is 138 Å². The molecule has 0 unspecified atom stereocenters. The molecule has 130 valence electrons. The van der Waals surface area contributed by atoms with Gasteiger partial charge in [-0.3, -0.25) is 4.72 Å². The fraction of sp³-hybridized carbons (Fsp3) is 0.200. The van der Waals surface area contributed by atoms with Crippen LogP contribution in [-0.2, 0) is 10.0 Å². The minimum atomic E-state index is -4.35. The largest absolute Gasteiger partial charge is 0.493 e. The van der Waals surface area contributed by atoms with Crippen molar-refractivity contribution < 1.29 is 31.4 Å². The van der Waals surface area contributed by atoms with Crippen molar-refractivity contribution in [1.82, 2.24) is 0 Å². The molecule has 0 aliphatic rings.